The number of likely N-dealkylation sites (tertiary alicyclic amines) is 1. The first-order valence-corrected chi connectivity index (χ1v) is 8.08. The van der Waals surface area contributed by atoms with E-state index < -0.39 is 0 Å². The van der Waals surface area contributed by atoms with Crippen LogP contribution < -0.4 is 5.32 Å². The highest BCUT2D eigenvalue weighted by Gasteiger charge is 2.48. The van der Waals surface area contributed by atoms with Crippen molar-refractivity contribution in [2.45, 2.75) is 44.3 Å². The molecule has 24 heavy (non-hydrogen) atoms. The van der Waals surface area contributed by atoms with Gasteiger partial charge in [-0.25, -0.2) is 0 Å². The number of nitrogens with zero attached hydrogens (tertiary/aromatic N) is 4. The second-order valence-electron chi connectivity index (χ2n) is 6.47. The SMILES string of the molecule is Cc1cc(C(=O)N[C@@H]2CC(=O)N(C3CC3)[C@H]2c2ccnn2C)on1. The molecular formula is C16H19N5O3. The summed E-state index contributed by atoms with van der Waals surface area (Å²) in [5.74, 6) is -0.116. The lowest BCUT2D eigenvalue weighted by Gasteiger charge is -2.28. The molecule has 1 aliphatic carbocycles. The molecule has 3 heterocycles. The van der Waals surface area contributed by atoms with Crippen LogP contribution in [-0.2, 0) is 11.8 Å². The van der Waals surface area contributed by atoms with Gasteiger partial charge in [0.15, 0.2) is 0 Å². The minimum atomic E-state index is -0.349. The van der Waals surface area contributed by atoms with Gasteiger partial charge in [0.1, 0.15) is 0 Å². The van der Waals surface area contributed by atoms with Crippen LogP contribution >= 0.6 is 0 Å². The van der Waals surface area contributed by atoms with Crippen LogP contribution in [0.2, 0.25) is 0 Å². The molecule has 2 fully saturated rings. The summed E-state index contributed by atoms with van der Waals surface area (Å²) in [5.41, 5.74) is 1.57. The molecule has 1 saturated heterocycles. The van der Waals surface area contributed by atoms with Gasteiger partial charge in [-0.15, -0.1) is 0 Å². The molecule has 2 aromatic heterocycles. The van der Waals surface area contributed by atoms with Crippen molar-refractivity contribution in [2.75, 3.05) is 0 Å². The van der Waals surface area contributed by atoms with Gasteiger partial charge in [-0.3, -0.25) is 14.3 Å². The molecule has 2 aromatic rings. The summed E-state index contributed by atoms with van der Waals surface area (Å²) in [6, 6.07) is 3.24. The van der Waals surface area contributed by atoms with E-state index in [1.165, 1.54) is 0 Å². The third-order valence-electron chi connectivity index (χ3n) is 4.63. The lowest BCUT2D eigenvalue weighted by molar-refractivity contribution is -0.129. The quantitative estimate of drug-likeness (QED) is 0.901. The van der Waals surface area contributed by atoms with E-state index >= 15 is 0 Å². The predicted molar refractivity (Wildman–Crippen MR) is 82.9 cm³/mol. The number of nitrogens with one attached hydrogen (secondary N) is 1. The fourth-order valence-corrected chi connectivity index (χ4v) is 3.40. The Bertz CT molecular complexity index is 791. The van der Waals surface area contributed by atoms with E-state index in [4.69, 9.17) is 4.52 Å². The molecular weight excluding hydrogens is 310 g/mol. The fourth-order valence-electron chi connectivity index (χ4n) is 3.40. The molecule has 2 aliphatic rings. The summed E-state index contributed by atoms with van der Waals surface area (Å²) in [6.45, 7) is 1.76. The van der Waals surface area contributed by atoms with Gasteiger partial charge in [0, 0.05) is 31.8 Å². The Morgan fingerprint density at radius 1 is 1.42 bits per heavy atom. The molecule has 0 aromatic carbocycles. The Hall–Kier alpha value is -2.64. The van der Waals surface area contributed by atoms with Crippen LogP contribution in [0.4, 0.5) is 0 Å². The van der Waals surface area contributed by atoms with Crippen molar-refractivity contribution in [1.29, 1.82) is 0 Å². The first-order valence-electron chi connectivity index (χ1n) is 8.08. The van der Waals surface area contributed by atoms with Crippen LogP contribution in [0.15, 0.2) is 22.9 Å². The number of aromatic nitrogens is 3. The average Bonchev–Trinajstić information content (AvgIpc) is 2.99. The molecule has 1 aliphatic heterocycles. The minimum Gasteiger partial charge on any atom is -0.351 e. The van der Waals surface area contributed by atoms with Gasteiger partial charge in [0.05, 0.1) is 23.5 Å². The zero-order chi connectivity index (χ0) is 16.8. The van der Waals surface area contributed by atoms with Gasteiger partial charge in [-0.2, -0.15) is 5.10 Å². The van der Waals surface area contributed by atoms with Crippen LogP contribution in [0.25, 0.3) is 0 Å². The number of hydrogen-bond donors (Lipinski definition) is 1. The van der Waals surface area contributed by atoms with Crippen molar-refractivity contribution in [1.82, 2.24) is 25.2 Å². The Labute approximate surface area is 138 Å². The normalized spacial score (nSPS) is 23.8. The zero-order valence-corrected chi connectivity index (χ0v) is 13.6. The second kappa shape index (κ2) is 5.47. The molecule has 8 heteroatoms. The Balaban J connectivity index is 1.62. The molecule has 4 rings (SSSR count). The van der Waals surface area contributed by atoms with E-state index in [1.807, 2.05) is 18.0 Å². The summed E-state index contributed by atoms with van der Waals surface area (Å²) >= 11 is 0. The summed E-state index contributed by atoms with van der Waals surface area (Å²) in [4.78, 5) is 26.8. The molecule has 2 atom stereocenters. The van der Waals surface area contributed by atoms with Crippen LogP contribution in [-0.4, -0.2) is 43.7 Å². The second-order valence-corrected chi connectivity index (χ2v) is 6.47. The lowest BCUT2D eigenvalue weighted by atomic mass is 10.1. The molecule has 0 radical (unpaired) electrons. The summed E-state index contributed by atoms with van der Waals surface area (Å²) in [7, 11) is 1.85. The Kier molecular flexibility index (Phi) is 3.40. The Morgan fingerprint density at radius 3 is 2.79 bits per heavy atom. The maximum atomic E-state index is 12.5. The van der Waals surface area contributed by atoms with Gasteiger partial charge in [0.2, 0.25) is 11.7 Å². The van der Waals surface area contributed by atoms with Crippen molar-refractivity contribution in [3.05, 3.63) is 35.5 Å². The van der Waals surface area contributed by atoms with Crippen LogP contribution in [0.5, 0.6) is 0 Å². The van der Waals surface area contributed by atoms with E-state index in [-0.39, 0.29) is 42.1 Å². The molecule has 0 spiro atoms. The Morgan fingerprint density at radius 2 is 2.21 bits per heavy atom. The van der Waals surface area contributed by atoms with Crippen molar-refractivity contribution >= 4 is 11.8 Å². The zero-order valence-electron chi connectivity index (χ0n) is 13.6. The van der Waals surface area contributed by atoms with Gasteiger partial charge < -0.3 is 14.7 Å². The highest BCUT2D eigenvalue weighted by molar-refractivity contribution is 5.92. The smallest absolute Gasteiger partial charge is 0.290 e. The van der Waals surface area contributed by atoms with E-state index in [1.54, 1.807) is 23.9 Å². The third-order valence-corrected chi connectivity index (χ3v) is 4.63. The van der Waals surface area contributed by atoms with Gasteiger partial charge in [-0.1, -0.05) is 5.16 Å². The molecule has 1 saturated carbocycles. The number of aryl methyl sites for hydroxylation is 2. The molecule has 8 nitrogen and oxygen atoms in total. The van der Waals surface area contributed by atoms with E-state index in [2.05, 4.69) is 15.6 Å². The van der Waals surface area contributed by atoms with E-state index in [0.29, 0.717) is 5.69 Å². The maximum Gasteiger partial charge on any atom is 0.290 e. The molecule has 126 valence electrons. The lowest BCUT2D eigenvalue weighted by Crippen LogP contribution is -2.41. The van der Waals surface area contributed by atoms with Crippen LogP contribution in [0.1, 0.15) is 47.2 Å². The first-order chi connectivity index (χ1) is 11.5. The van der Waals surface area contributed by atoms with E-state index in [0.717, 1.165) is 18.5 Å². The molecule has 0 bridgehead atoms. The highest BCUT2D eigenvalue weighted by Crippen LogP contribution is 2.41. The number of carbonyl (C=O) groups is 2. The molecule has 0 unspecified atom stereocenters. The van der Waals surface area contributed by atoms with E-state index in [9.17, 15) is 9.59 Å². The summed E-state index contributed by atoms with van der Waals surface area (Å²) in [5, 5.41) is 10.9. The van der Waals surface area contributed by atoms with Crippen molar-refractivity contribution in [3.8, 4) is 0 Å². The third kappa shape index (κ3) is 2.47. The van der Waals surface area contributed by atoms with Gasteiger partial charge in [-0.05, 0) is 25.8 Å². The van der Waals surface area contributed by atoms with Crippen molar-refractivity contribution in [2.24, 2.45) is 7.05 Å². The average molecular weight is 329 g/mol. The van der Waals surface area contributed by atoms with Crippen LogP contribution in [0, 0.1) is 6.92 Å². The molecule has 2 amide bonds. The maximum absolute atomic E-state index is 12.5. The fraction of sp³-hybridized carbons (Fsp3) is 0.500. The minimum absolute atomic E-state index is 0.0720. The number of carbonyl (C=O) groups excluding carboxylic acids is 2. The molecule has 1 N–H and O–H groups in total. The first kappa shape index (κ1) is 14.9. The van der Waals surface area contributed by atoms with Crippen LogP contribution in [0.3, 0.4) is 0 Å². The highest BCUT2D eigenvalue weighted by atomic mass is 16.5. The standard InChI is InChI=1S/C16H19N5O3/c1-9-7-13(24-19-9)16(23)18-11-8-14(22)21(10-3-4-10)15(11)12-5-6-17-20(12)2/h5-7,10-11,15H,3-4,8H2,1-2H3,(H,18,23)/t11-,15-/m1/s1. The van der Waals surface area contributed by atoms with Gasteiger partial charge >= 0.3 is 0 Å². The largest absolute Gasteiger partial charge is 0.351 e. The summed E-state index contributed by atoms with van der Waals surface area (Å²) < 4.78 is 6.78. The number of hydrogen-bond acceptors (Lipinski definition) is 5. The number of rotatable bonds is 4. The van der Waals surface area contributed by atoms with Crippen molar-refractivity contribution < 1.29 is 14.1 Å². The summed E-state index contributed by atoms with van der Waals surface area (Å²) in [6.07, 6.45) is 4.03. The topological polar surface area (TPSA) is 93.3 Å². The number of amides is 2. The van der Waals surface area contributed by atoms with Gasteiger partial charge in [0.25, 0.3) is 5.91 Å². The monoisotopic (exact) mass is 329 g/mol. The van der Waals surface area contributed by atoms with Crippen molar-refractivity contribution in [3.63, 3.8) is 0 Å². The predicted octanol–water partition coefficient (Wildman–Crippen LogP) is 0.951.